The normalized spacial score (nSPS) is 32.7. The van der Waals surface area contributed by atoms with Crippen LogP contribution in [-0.4, -0.2) is 135 Å². The van der Waals surface area contributed by atoms with Crippen molar-refractivity contribution >= 4 is 93.6 Å². The molecule has 0 radical (unpaired) electrons. The van der Waals surface area contributed by atoms with Crippen molar-refractivity contribution in [2.75, 3.05) is 45.5 Å². The van der Waals surface area contributed by atoms with E-state index in [2.05, 4.69) is 49.9 Å². The fraction of sp³-hybridized carbons (Fsp3) is 0.667. The number of carbonyl (C=O) groups is 5. The Hall–Kier alpha value is -2.79. The summed E-state index contributed by atoms with van der Waals surface area (Å²) in [6.07, 6.45) is 4.28. The van der Waals surface area contributed by atoms with E-state index in [1.54, 1.807) is 75.8 Å². The van der Waals surface area contributed by atoms with Crippen LogP contribution in [0.25, 0.3) is 0 Å². The van der Waals surface area contributed by atoms with Gasteiger partial charge in [-0.2, -0.15) is 2.52 Å². The van der Waals surface area contributed by atoms with E-state index in [-0.39, 0.29) is 46.2 Å². The van der Waals surface area contributed by atoms with Gasteiger partial charge in [-0.15, -0.1) is 11.8 Å². The predicted octanol–water partition coefficient (Wildman–Crippen LogP) is 6.73. The number of amides is 4. The molecule has 4 unspecified atom stereocenters. The van der Waals surface area contributed by atoms with Crippen LogP contribution in [0, 0.1) is 5.92 Å². The van der Waals surface area contributed by atoms with Gasteiger partial charge in [0.05, 0.1) is 35.4 Å². The van der Waals surface area contributed by atoms with Crippen molar-refractivity contribution in [3.63, 3.8) is 0 Å². The van der Waals surface area contributed by atoms with Gasteiger partial charge in [0.2, 0.25) is 17.7 Å². The van der Waals surface area contributed by atoms with Crippen LogP contribution in [0.15, 0.2) is 35.9 Å². The van der Waals surface area contributed by atoms with E-state index in [4.69, 9.17) is 35.3 Å². The molecule has 10 atom stereocenters. The number of epoxide rings is 1. The Bertz CT molecular complexity index is 2000. The SMILES string of the molecule is CCCCC1(C)SC(C(=O)NCCCC(=O)N(C)[C@@H](C)C(=O)O[C@H]2CC(=O)N(C)c3cc(cc(OC)c3Cl)C/C(C)=C/C=C/[C@@H](OC)[C@@]3(O)CC(OC(=O)N3)[C@@H](C)[C@H]3OC23C)CSN1I. The number of ether oxygens (including phenoxy) is 5. The van der Waals surface area contributed by atoms with E-state index in [1.807, 2.05) is 13.0 Å². The fourth-order valence-electron chi connectivity index (χ4n) is 8.39. The zero-order valence-corrected chi connectivity index (χ0v) is 43.5. The average Bonchev–Trinajstić information content (AvgIpc) is 3.97. The number of nitrogens with one attached hydrogen (secondary N) is 2. The fourth-order valence-corrected chi connectivity index (χ4v) is 12.4. The minimum absolute atomic E-state index is 0.0570. The minimum Gasteiger partial charge on any atom is -0.495 e. The molecule has 0 aliphatic carbocycles. The maximum absolute atomic E-state index is 14.3. The average molecular weight is 1080 g/mol. The summed E-state index contributed by atoms with van der Waals surface area (Å²) in [6.45, 7) is 11.6. The van der Waals surface area contributed by atoms with Crippen molar-refractivity contribution in [3.05, 3.63) is 46.5 Å². The lowest BCUT2D eigenvalue weighted by atomic mass is 9.83. The first-order valence-electron chi connectivity index (χ1n) is 22.0. The van der Waals surface area contributed by atoms with Crippen molar-refractivity contribution in [2.45, 2.75) is 145 Å². The molecule has 3 saturated heterocycles. The first-order chi connectivity index (χ1) is 30.6. The van der Waals surface area contributed by atoms with Gasteiger partial charge in [0.1, 0.15) is 40.7 Å². The highest BCUT2D eigenvalue weighted by molar-refractivity contribution is 14.1. The molecule has 4 aliphatic heterocycles. The number of benzene rings is 1. The van der Waals surface area contributed by atoms with E-state index >= 15 is 0 Å². The lowest BCUT2D eigenvalue weighted by molar-refractivity contribution is -0.162. The summed E-state index contributed by atoms with van der Waals surface area (Å²) in [7, 11) is 6.00. The van der Waals surface area contributed by atoms with Gasteiger partial charge < -0.3 is 43.9 Å². The molecular weight excluding hydrogens is 1010 g/mol. The summed E-state index contributed by atoms with van der Waals surface area (Å²) in [4.78, 5) is 70.4. The highest BCUT2D eigenvalue weighted by Gasteiger charge is 2.64. The highest BCUT2D eigenvalue weighted by Crippen LogP contribution is 2.50. The number of nitrogens with zero attached hydrogens (tertiary/aromatic N) is 3. The minimum atomic E-state index is -1.85. The Kier molecular flexibility index (Phi) is 18.4. The quantitative estimate of drug-likeness (QED) is 0.0471. The molecule has 4 aliphatic rings. The largest absolute Gasteiger partial charge is 0.495 e. The number of esters is 1. The molecule has 4 amide bonds. The van der Waals surface area contributed by atoms with Crippen LogP contribution in [-0.2, 0) is 44.5 Å². The number of fused-ring (bicyclic) bond motifs is 5. The molecule has 4 bridgehead atoms. The van der Waals surface area contributed by atoms with Crippen molar-refractivity contribution in [2.24, 2.45) is 5.92 Å². The molecule has 4 heterocycles. The second-order valence-corrected chi connectivity index (χ2v) is 22.4. The maximum Gasteiger partial charge on any atom is 0.409 e. The Balaban J connectivity index is 1.33. The molecule has 3 fully saturated rings. The number of allylic oxidation sites excluding steroid dienone is 3. The molecule has 3 N–H and O–H groups in total. The van der Waals surface area contributed by atoms with Crippen LogP contribution < -0.4 is 20.3 Å². The summed E-state index contributed by atoms with van der Waals surface area (Å²) in [6, 6.07) is 2.52. The smallest absolute Gasteiger partial charge is 0.409 e. The molecule has 0 aromatic heterocycles. The van der Waals surface area contributed by atoms with Crippen LogP contribution >= 0.6 is 58.2 Å². The number of rotatable bonds is 13. The summed E-state index contributed by atoms with van der Waals surface area (Å²) >= 11 is 12.5. The Morgan fingerprint density at radius 1 is 1.20 bits per heavy atom. The lowest BCUT2D eigenvalue weighted by Gasteiger charge is -2.42. The van der Waals surface area contributed by atoms with Crippen LogP contribution in [0.1, 0.15) is 92.1 Å². The number of thioether (sulfide) groups is 1. The number of halogens is 2. The Morgan fingerprint density at radius 2 is 1.92 bits per heavy atom. The third kappa shape index (κ3) is 12.7. The van der Waals surface area contributed by atoms with Crippen LogP contribution in [0.2, 0.25) is 5.02 Å². The van der Waals surface area contributed by atoms with Crippen molar-refractivity contribution < 1.29 is 52.8 Å². The second-order valence-electron chi connectivity index (χ2n) is 17.7. The van der Waals surface area contributed by atoms with Gasteiger partial charge in [0.25, 0.3) is 0 Å². The van der Waals surface area contributed by atoms with Crippen molar-refractivity contribution in [1.29, 1.82) is 0 Å². The standard InChI is InChI=1S/C45H65ClIN5O11S2/c1-11-12-18-43(5)52(47)64-25-33(65-43)40(55)48-19-14-17-36(53)50(7)28(4)41(56)62-35-23-37(54)51(8)30-21-29(22-31(59-9)38(30)46)20-26(2)15-13-16-34(60-10)45(58)24-32(61-42(57)49-45)27(3)39-44(35,6)63-39/h13,15-16,21-22,27-28,32-35,39,58H,11-12,14,17-20,23-25H2,1-10H3,(H,48,55)(H,49,57)/b16-13+,26-15+/t27-,28+,32?,33?,34-,35+,39-,43?,44?,45+/m1/s1. The number of anilines is 1. The third-order valence-corrected chi connectivity index (χ3v) is 18.4. The van der Waals surface area contributed by atoms with Gasteiger partial charge in [-0.1, -0.05) is 74.0 Å². The number of unbranched alkanes of at least 4 members (excludes halogenated alkanes) is 1. The van der Waals surface area contributed by atoms with Gasteiger partial charge >= 0.3 is 12.1 Å². The molecule has 5 rings (SSSR count). The molecule has 1 aromatic carbocycles. The maximum atomic E-state index is 14.3. The zero-order valence-electron chi connectivity index (χ0n) is 38.9. The number of methoxy groups -OCH3 is 2. The third-order valence-electron chi connectivity index (χ3n) is 12.8. The zero-order chi connectivity index (χ0) is 48.0. The number of hydrogen-bond donors (Lipinski definition) is 3. The first kappa shape index (κ1) is 53.2. The van der Waals surface area contributed by atoms with Crippen LogP contribution in [0.5, 0.6) is 5.75 Å². The van der Waals surface area contributed by atoms with Gasteiger partial charge in [-0.25, -0.2) is 9.59 Å². The molecule has 20 heteroatoms. The monoisotopic (exact) mass is 1080 g/mol. The predicted molar refractivity (Wildman–Crippen MR) is 261 cm³/mol. The summed E-state index contributed by atoms with van der Waals surface area (Å²) < 4.78 is 31.7. The van der Waals surface area contributed by atoms with E-state index in [0.29, 0.717) is 36.6 Å². The second kappa shape index (κ2) is 22.5. The highest BCUT2D eigenvalue weighted by atomic mass is 127. The van der Waals surface area contributed by atoms with Crippen LogP contribution in [0.3, 0.4) is 0 Å². The molecule has 0 spiro atoms. The molecule has 1 aromatic rings. The summed E-state index contributed by atoms with van der Waals surface area (Å²) in [5.41, 5.74) is -1.02. The number of hydrogen-bond acceptors (Lipinski definition) is 14. The molecule has 16 nitrogen and oxygen atoms in total. The van der Waals surface area contributed by atoms with Crippen LogP contribution in [0.4, 0.5) is 10.5 Å². The first-order valence-corrected chi connectivity index (χ1v) is 25.2. The lowest BCUT2D eigenvalue weighted by Crippen LogP contribution is -2.63. The van der Waals surface area contributed by atoms with Gasteiger partial charge in [-0.3, -0.25) is 19.7 Å². The number of aliphatic hydroxyl groups is 1. The molecule has 65 heavy (non-hydrogen) atoms. The number of alkyl carbamates (subject to hydrolysis) is 1. The molecule has 0 saturated carbocycles. The van der Waals surface area contributed by atoms with E-state index < -0.39 is 65.7 Å². The van der Waals surface area contributed by atoms with E-state index in [1.165, 1.54) is 31.1 Å². The van der Waals surface area contributed by atoms with E-state index in [0.717, 1.165) is 30.4 Å². The van der Waals surface area contributed by atoms with Gasteiger partial charge in [-0.05, 0) is 64.7 Å². The van der Waals surface area contributed by atoms with Crippen molar-refractivity contribution in [1.82, 2.24) is 18.1 Å². The van der Waals surface area contributed by atoms with E-state index in [9.17, 15) is 29.1 Å². The van der Waals surface area contributed by atoms with Gasteiger partial charge in [0, 0.05) is 75.1 Å². The summed E-state index contributed by atoms with van der Waals surface area (Å²) in [5, 5.41) is 17.3. The molecule has 362 valence electrons. The Labute approximate surface area is 410 Å². The topological polar surface area (TPSA) is 189 Å². The number of carbonyl (C=O) groups excluding carboxylic acids is 5. The molecular formula is C45H65ClIN5O11S2. The van der Waals surface area contributed by atoms with Gasteiger partial charge in [0.15, 0.2) is 5.72 Å². The summed E-state index contributed by atoms with van der Waals surface area (Å²) in [5.74, 6) is -1.14. The van der Waals surface area contributed by atoms with Crippen molar-refractivity contribution in [3.8, 4) is 5.75 Å². The Morgan fingerprint density at radius 3 is 2.60 bits per heavy atom. The number of likely N-dealkylation sites (N-methyl/N-ethyl adjacent to an activating group) is 1.